The molecule has 2 rings (SSSR count). The van der Waals surface area contributed by atoms with Crippen molar-refractivity contribution < 1.29 is 4.42 Å². The highest BCUT2D eigenvalue weighted by molar-refractivity contribution is 7.80. The van der Waals surface area contributed by atoms with Crippen molar-refractivity contribution in [2.75, 3.05) is 5.32 Å². The van der Waals surface area contributed by atoms with Gasteiger partial charge >= 0.3 is 0 Å². The van der Waals surface area contributed by atoms with Crippen LogP contribution in [0.2, 0.25) is 0 Å². The molecule has 0 unspecified atom stereocenters. The van der Waals surface area contributed by atoms with Crippen molar-refractivity contribution in [1.82, 2.24) is 4.98 Å². The summed E-state index contributed by atoms with van der Waals surface area (Å²) in [5, 5.41) is 3.13. The van der Waals surface area contributed by atoms with Gasteiger partial charge in [0.2, 0.25) is 5.89 Å². The topological polar surface area (TPSA) is 64.1 Å². The third-order valence-corrected chi connectivity index (χ3v) is 2.55. The zero-order chi connectivity index (χ0) is 12.4. The standard InChI is InChI=1S/C12H13N3OS/c1-7-8(2)16-11(14-7)9-5-3-4-6-10(9)15-12(13)17/h3-6H,1-2H3,(H3,13,15,17). The SMILES string of the molecule is Cc1nc(-c2ccccc2NC(N)=S)oc1C. The molecule has 0 aliphatic rings. The molecule has 5 heteroatoms. The highest BCUT2D eigenvalue weighted by atomic mass is 32.1. The molecule has 0 bridgehead atoms. The summed E-state index contributed by atoms with van der Waals surface area (Å²) in [4.78, 5) is 4.36. The van der Waals surface area contributed by atoms with E-state index in [9.17, 15) is 0 Å². The first-order chi connectivity index (χ1) is 8.08. The summed E-state index contributed by atoms with van der Waals surface area (Å²) in [7, 11) is 0. The van der Waals surface area contributed by atoms with Crippen LogP contribution >= 0.6 is 12.2 Å². The minimum atomic E-state index is 0.220. The van der Waals surface area contributed by atoms with E-state index in [2.05, 4.69) is 10.3 Å². The predicted molar refractivity (Wildman–Crippen MR) is 71.8 cm³/mol. The number of nitrogens with two attached hydrogens (primary N) is 1. The molecule has 0 aliphatic heterocycles. The molecule has 3 N–H and O–H groups in total. The van der Waals surface area contributed by atoms with Gasteiger partial charge < -0.3 is 15.5 Å². The van der Waals surface area contributed by atoms with Gasteiger partial charge in [-0.05, 0) is 38.2 Å². The van der Waals surface area contributed by atoms with E-state index in [0.29, 0.717) is 5.89 Å². The third-order valence-electron chi connectivity index (χ3n) is 2.44. The summed E-state index contributed by atoms with van der Waals surface area (Å²) < 4.78 is 5.59. The molecule has 0 spiro atoms. The number of nitrogens with one attached hydrogen (secondary N) is 1. The zero-order valence-corrected chi connectivity index (χ0v) is 10.5. The molecule has 1 heterocycles. The Morgan fingerprint density at radius 1 is 1.35 bits per heavy atom. The lowest BCUT2D eigenvalue weighted by Crippen LogP contribution is -2.19. The second-order valence-electron chi connectivity index (χ2n) is 3.70. The third kappa shape index (κ3) is 2.45. The molecular weight excluding hydrogens is 234 g/mol. The highest BCUT2D eigenvalue weighted by Gasteiger charge is 2.12. The van der Waals surface area contributed by atoms with E-state index >= 15 is 0 Å². The molecular formula is C12H13N3OS. The number of thiocarbonyl (C=S) groups is 1. The van der Waals surface area contributed by atoms with Gasteiger partial charge in [0.1, 0.15) is 5.76 Å². The maximum absolute atomic E-state index is 5.59. The van der Waals surface area contributed by atoms with Crippen LogP contribution in [0, 0.1) is 13.8 Å². The van der Waals surface area contributed by atoms with Crippen molar-refractivity contribution in [3.63, 3.8) is 0 Å². The van der Waals surface area contributed by atoms with Crippen LogP contribution in [0.25, 0.3) is 11.5 Å². The van der Waals surface area contributed by atoms with Gasteiger partial charge in [0.05, 0.1) is 16.9 Å². The van der Waals surface area contributed by atoms with Gasteiger partial charge in [0, 0.05) is 0 Å². The van der Waals surface area contributed by atoms with E-state index in [1.54, 1.807) is 0 Å². The number of hydrogen-bond acceptors (Lipinski definition) is 3. The number of hydrogen-bond donors (Lipinski definition) is 2. The molecule has 0 saturated heterocycles. The Kier molecular flexibility index (Phi) is 3.10. The maximum atomic E-state index is 5.59. The lowest BCUT2D eigenvalue weighted by Gasteiger charge is -2.07. The molecule has 88 valence electrons. The van der Waals surface area contributed by atoms with Crippen molar-refractivity contribution in [2.45, 2.75) is 13.8 Å². The van der Waals surface area contributed by atoms with Crippen LogP contribution in [0.1, 0.15) is 11.5 Å². The molecule has 1 aromatic carbocycles. The van der Waals surface area contributed by atoms with E-state index in [0.717, 1.165) is 22.7 Å². The van der Waals surface area contributed by atoms with Crippen LogP contribution < -0.4 is 11.1 Å². The van der Waals surface area contributed by atoms with Crippen LogP contribution in [0.5, 0.6) is 0 Å². The number of aryl methyl sites for hydroxylation is 2. The fraction of sp³-hybridized carbons (Fsp3) is 0.167. The van der Waals surface area contributed by atoms with Gasteiger partial charge in [0.25, 0.3) is 0 Å². The van der Waals surface area contributed by atoms with Gasteiger partial charge in [-0.25, -0.2) is 4.98 Å². The lowest BCUT2D eigenvalue weighted by molar-refractivity contribution is 0.541. The molecule has 4 nitrogen and oxygen atoms in total. The van der Waals surface area contributed by atoms with Crippen LogP contribution in [0.3, 0.4) is 0 Å². The number of anilines is 1. The Bertz CT molecular complexity index is 543. The minimum absolute atomic E-state index is 0.220. The van der Waals surface area contributed by atoms with Gasteiger partial charge in [-0.15, -0.1) is 0 Å². The van der Waals surface area contributed by atoms with Gasteiger partial charge in [-0.1, -0.05) is 12.1 Å². The maximum Gasteiger partial charge on any atom is 0.228 e. The molecule has 2 aromatic rings. The van der Waals surface area contributed by atoms with Gasteiger partial charge in [-0.2, -0.15) is 0 Å². The number of oxazole rings is 1. The lowest BCUT2D eigenvalue weighted by atomic mass is 10.2. The van der Waals surface area contributed by atoms with E-state index in [4.69, 9.17) is 22.4 Å². The van der Waals surface area contributed by atoms with E-state index in [-0.39, 0.29) is 5.11 Å². The minimum Gasteiger partial charge on any atom is -0.441 e. The molecule has 0 aliphatic carbocycles. The first-order valence-electron chi connectivity index (χ1n) is 5.18. The van der Waals surface area contributed by atoms with Crippen LogP contribution in [-0.2, 0) is 0 Å². The Morgan fingerprint density at radius 2 is 2.06 bits per heavy atom. The normalized spacial score (nSPS) is 10.2. The summed E-state index contributed by atoms with van der Waals surface area (Å²) in [5.74, 6) is 1.38. The largest absolute Gasteiger partial charge is 0.441 e. The Balaban J connectivity index is 2.47. The van der Waals surface area contributed by atoms with Gasteiger partial charge in [-0.3, -0.25) is 0 Å². The van der Waals surface area contributed by atoms with E-state index < -0.39 is 0 Å². The number of rotatable bonds is 2. The molecule has 0 saturated carbocycles. The molecule has 0 atom stereocenters. The zero-order valence-electron chi connectivity index (χ0n) is 9.65. The van der Waals surface area contributed by atoms with Crippen molar-refractivity contribution in [1.29, 1.82) is 0 Å². The molecule has 0 radical (unpaired) electrons. The molecule has 17 heavy (non-hydrogen) atoms. The molecule has 0 amide bonds. The van der Waals surface area contributed by atoms with Crippen LogP contribution in [-0.4, -0.2) is 10.1 Å². The van der Waals surface area contributed by atoms with Crippen LogP contribution in [0.15, 0.2) is 28.7 Å². The Labute approximate surface area is 105 Å². The van der Waals surface area contributed by atoms with Crippen LogP contribution in [0.4, 0.5) is 5.69 Å². The van der Waals surface area contributed by atoms with Gasteiger partial charge in [0.15, 0.2) is 5.11 Å². The second kappa shape index (κ2) is 4.55. The average Bonchev–Trinajstić information content (AvgIpc) is 2.59. The van der Waals surface area contributed by atoms with Crippen molar-refractivity contribution >= 4 is 23.0 Å². The summed E-state index contributed by atoms with van der Waals surface area (Å²) in [5.41, 5.74) is 7.99. The fourth-order valence-electron chi connectivity index (χ4n) is 1.50. The summed E-state index contributed by atoms with van der Waals surface area (Å²) in [6.45, 7) is 3.79. The monoisotopic (exact) mass is 247 g/mol. The molecule has 0 fully saturated rings. The second-order valence-corrected chi connectivity index (χ2v) is 4.14. The summed E-state index contributed by atoms with van der Waals surface area (Å²) >= 11 is 4.83. The molecule has 1 aromatic heterocycles. The number of nitrogens with zero attached hydrogens (tertiary/aromatic N) is 1. The van der Waals surface area contributed by atoms with Crippen molar-refractivity contribution in [3.8, 4) is 11.5 Å². The number of benzene rings is 1. The first kappa shape index (κ1) is 11.6. The smallest absolute Gasteiger partial charge is 0.228 e. The van der Waals surface area contributed by atoms with E-state index in [1.807, 2.05) is 38.1 Å². The summed E-state index contributed by atoms with van der Waals surface area (Å²) in [6, 6.07) is 7.59. The quantitative estimate of drug-likeness (QED) is 0.799. The highest BCUT2D eigenvalue weighted by Crippen LogP contribution is 2.28. The van der Waals surface area contributed by atoms with Crippen molar-refractivity contribution in [3.05, 3.63) is 35.7 Å². The average molecular weight is 247 g/mol. The Hall–Kier alpha value is -1.88. The van der Waals surface area contributed by atoms with E-state index in [1.165, 1.54) is 0 Å². The number of aromatic nitrogens is 1. The fourth-order valence-corrected chi connectivity index (χ4v) is 1.61. The Morgan fingerprint density at radius 3 is 2.65 bits per heavy atom. The summed E-state index contributed by atoms with van der Waals surface area (Å²) in [6.07, 6.45) is 0. The first-order valence-corrected chi connectivity index (χ1v) is 5.58. The number of para-hydroxylation sites is 1. The predicted octanol–water partition coefficient (Wildman–Crippen LogP) is 2.61. The van der Waals surface area contributed by atoms with Crippen molar-refractivity contribution in [2.24, 2.45) is 5.73 Å².